The van der Waals surface area contributed by atoms with Gasteiger partial charge in [-0.25, -0.2) is 9.48 Å². The van der Waals surface area contributed by atoms with Crippen LogP contribution < -0.4 is 0 Å². The minimum atomic E-state index is -1.04. The fourth-order valence-electron chi connectivity index (χ4n) is 2.65. The third-order valence-corrected chi connectivity index (χ3v) is 3.76. The second-order valence-electron chi connectivity index (χ2n) is 5.37. The lowest BCUT2D eigenvalue weighted by molar-refractivity contribution is 0.0690. The van der Waals surface area contributed by atoms with Gasteiger partial charge in [-0.15, -0.1) is 5.10 Å². The van der Waals surface area contributed by atoms with Crippen molar-refractivity contribution in [2.75, 3.05) is 13.1 Å². The van der Waals surface area contributed by atoms with Crippen LogP contribution in [0.25, 0.3) is 0 Å². The van der Waals surface area contributed by atoms with Crippen LogP contribution in [0, 0.1) is 0 Å². The Morgan fingerprint density at radius 3 is 2.81 bits per heavy atom. The molecule has 0 aliphatic carbocycles. The molecular weight excluding hydrogens is 272 g/mol. The number of hydrogen-bond acceptors (Lipinski definition) is 5. The van der Waals surface area contributed by atoms with Crippen LogP contribution in [-0.4, -0.2) is 53.8 Å². The summed E-state index contributed by atoms with van der Waals surface area (Å²) in [5.74, 6) is -1.04. The molecule has 0 unspecified atom stereocenters. The van der Waals surface area contributed by atoms with Gasteiger partial charge in [-0.1, -0.05) is 12.1 Å². The van der Waals surface area contributed by atoms with E-state index in [-0.39, 0.29) is 11.7 Å². The normalized spacial score (nSPS) is 16.1. The maximum Gasteiger partial charge on any atom is 0.358 e. The molecule has 0 spiro atoms. The molecule has 0 saturated carbocycles. The van der Waals surface area contributed by atoms with Crippen LogP contribution in [0.15, 0.2) is 12.4 Å². The summed E-state index contributed by atoms with van der Waals surface area (Å²) in [7, 11) is 1.93. The van der Waals surface area contributed by atoms with E-state index in [9.17, 15) is 4.79 Å². The topological polar surface area (TPSA) is 89.1 Å². The van der Waals surface area contributed by atoms with Gasteiger partial charge in [0.25, 0.3) is 0 Å². The quantitative estimate of drug-likeness (QED) is 0.853. The first-order valence-electron chi connectivity index (χ1n) is 6.95. The molecule has 3 rings (SSSR count). The van der Waals surface area contributed by atoms with Crippen molar-refractivity contribution >= 4 is 5.97 Å². The Morgan fingerprint density at radius 1 is 1.43 bits per heavy atom. The fourth-order valence-corrected chi connectivity index (χ4v) is 2.65. The molecule has 0 amide bonds. The number of likely N-dealkylation sites (tertiary alicyclic amines) is 1. The van der Waals surface area contributed by atoms with Gasteiger partial charge in [0.15, 0.2) is 5.69 Å². The summed E-state index contributed by atoms with van der Waals surface area (Å²) in [6.07, 6.45) is 4.48. The van der Waals surface area contributed by atoms with E-state index < -0.39 is 5.97 Å². The molecule has 0 atom stereocenters. The van der Waals surface area contributed by atoms with Crippen LogP contribution in [-0.2, 0) is 20.0 Å². The van der Waals surface area contributed by atoms with Gasteiger partial charge >= 0.3 is 5.97 Å². The minimum absolute atomic E-state index is 0.00558. The minimum Gasteiger partial charge on any atom is -0.476 e. The average Bonchev–Trinajstić information content (AvgIpc) is 2.99. The number of carbonyl (C=O) groups is 1. The molecule has 2 aromatic heterocycles. The van der Waals surface area contributed by atoms with E-state index in [0.717, 1.165) is 31.7 Å². The summed E-state index contributed by atoms with van der Waals surface area (Å²) < 4.78 is 3.49. The highest BCUT2D eigenvalue weighted by atomic mass is 16.4. The predicted molar refractivity (Wildman–Crippen MR) is 73.9 cm³/mol. The summed E-state index contributed by atoms with van der Waals surface area (Å²) in [6, 6.07) is 0.201. The molecule has 0 aromatic carbocycles. The highest BCUT2D eigenvalue weighted by Crippen LogP contribution is 2.23. The van der Waals surface area contributed by atoms with E-state index in [2.05, 4.69) is 33.4 Å². The zero-order valence-electron chi connectivity index (χ0n) is 12.1. The largest absolute Gasteiger partial charge is 0.476 e. The van der Waals surface area contributed by atoms with Crippen molar-refractivity contribution in [1.29, 1.82) is 0 Å². The van der Waals surface area contributed by atoms with E-state index in [1.165, 1.54) is 11.8 Å². The van der Waals surface area contributed by atoms with Crippen molar-refractivity contribution in [1.82, 2.24) is 29.7 Å². The van der Waals surface area contributed by atoms with E-state index in [4.69, 9.17) is 5.11 Å². The molecule has 112 valence electrons. The highest BCUT2D eigenvalue weighted by molar-refractivity contribution is 5.84. The number of nitrogens with zero attached hydrogens (tertiary/aromatic N) is 6. The molecule has 1 fully saturated rings. The number of hydrogen-bond donors (Lipinski definition) is 1. The first-order valence-corrected chi connectivity index (χ1v) is 6.95. The van der Waals surface area contributed by atoms with E-state index in [1.54, 1.807) is 4.68 Å². The van der Waals surface area contributed by atoms with Gasteiger partial charge < -0.3 is 5.11 Å². The molecule has 1 aliphatic rings. The first-order chi connectivity index (χ1) is 10.1. The van der Waals surface area contributed by atoms with Crippen LogP contribution in [0.5, 0.6) is 0 Å². The lowest BCUT2D eigenvalue weighted by Crippen LogP contribution is -2.47. The van der Waals surface area contributed by atoms with Crippen LogP contribution in [0.3, 0.4) is 0 Å². The summed E-state index contributed by atoms with van der Waals surface area (Å²) in [5, 5.41) is 20.8. The first kappa shape index (κ1) is 13.7. The molecule has 0 radical (unpaired) electrons. The molecule has 3 heterocycles. The molecule has 1 saturated heterocycles. The van der Waals surface area contributed by atoms with Gasteiger partial charge in [0.05, 0.1) is 17.9 Å². The van der Waals surface area contributed by atoms with Gasteiger partial charge in [-0.3, -0.25) is 9.58 Å². The number of aromatic carboxylic acids is 1. The van der Waals surface area contributed by atoms with Crippen LogP contribution in [0.4, 0.5) is 0 Å². The standard InChI is InChI=1S/C13H18N6O2/c1-3-11-9(4-17(2)15-11)5-18-6-10(7-18)19-8-12(13(20)21)14-16-19/h4,8,10H,3,5-7H2,1-2H3,(H,20,21). The average molecular weight is 290 g/mol. The molecule has 1 N–H and O–H groups in total. The summed E-state index contributed by atoms with van der Waals surface area (Å²) in [6.45, 7) is 4.67. The number of aromatic nitrogens is 5. The van der Waals surface area contributed by atoms with Crippen molar-refractivity contribution in [3.05, 3.63) is 29.3 Å². The molecule has 0 bridgehead atoms. The second kappa shape index (κ2) is 5.28. The van der Waals surface area contributed by atoms with Crippen molar-refractivity contribution in [3.8, 4) is 0 Å². The number of rotatable bonds is 5. The third kappa shape index (κ3) is 2.66. The van der Waals surface area contributed by atoms with Gasteiger partial charge in [-0.05, 0) is 6.42 Å². The molecule has 21 heavy (non-hydrogen) atoms. The number of aryl methyl sites for hydroxylation is 2. The Labute approximate surface area is 122 Å². The zero-order valence-corrected chi connectivity index (χ0v) is 12.1. The number of carboxylic acid groups (broad SMARTS) is 1. The van der Waals surface area contributed by atoms with E-state index in [1.807, 2.05) is 11.7 Å². The maximum atomic E-state index is 10.8. The second-order valence-corrected chi connectivity index (χ2v) is 5.37. The Hall–Kier alpha value is -2.22. The Bertz CT molecular complexity index is 655. The Kier molecular flexibility index (Phi) is 3.46. The van der Waals surface area contributed by atoms with E-state index >= 15 is 0 Å². The fraction of sp³-hybridized carbons (Fsp3) is 0.538. The maximum absolute atomic E-state index is 10.8. The molecule has 1 aliphatic heterocycles. The molecule has 2 aromatic rings. The summed E-state index contributed by atoms with van der Waals surface area (Å²) in [5.41, 5.74) is 2.38. The molecule has 8 heteroatoms. The smallest absolute Gasteiger partial charge is 0.358 e. The SMILES string of the molecule is CCc1nn(C)cc1CN1CC(n2cc(C(=O)O)nn2)C1. The van der Waals surface area contributed by atoms with Crippen molar-refractivity contribution in [3.63, 3.8) is 0 Å². The number of carboxylic acids is 1. The summed E-state index contributed by atoms with van der Waals surface area (Å²) in [4.78, 5) is 13.1. The lowest BCUT2D eigenvalue weighted by atomic mass is 10.1. The van der Waals surface area contributed by atoms with Crippen molar-refractivity contribution in [2.45, 2.75) is 25.9 Å². The van der Waals surface area contributed by atoms with Crippen LogP contribution >= 0.6 is 0 Å². The van der Waals surface area contributed by atoms with Crippen molar-refractivity contribution in [2.24, 2.45) is 7.05 Å². The Morgan fingerprint density at radius 2 is 2.19 bits per heavy atom. The molecule has 8 nitrogen and oxygen atoms in total. The summed E-state index contributed by atoms with van der Waals surface area (Å²) >= 11 is 0. The van der Waals surface area contributed by atoms with Gasteiger partial charge in [0, 0.05) is 38.4 Å². The van der Waals surface area contributed by atoms with Gasteiger partial charge in [0.1, 0.15) is 0 Å². The zero-order chi connectivity index (χ0) is 15.0. The van der Waals surface area contributed by atoms with E-state index in [0.29, 0.717) is 0 Å². The van der Waals surface area contributed by atoms with Crippen LogP contribution in [0.2, 0.25) is 0 Å². The van der Waals surface area contributed by atoms with Gasteiger partial charge in [-0.2, -0.15) is 5.10 Å². The monoisotopic (exact) mass is 290 g/mol. The van der Waals surface area contributed by atoms with Crippen LogP contribution in [0.1, 0.15) is 34.7 Å². The Balaban J connectivity index is 1.59. The third-order valence-electron chi connectivity index (χ3n) is 3.76. The highest BCUT2D eigenvalue weighted by Gasteiger charge is 2.30. The lowest BCUT2D eigenvalue weighted by Gasteiger charge is -2.38. The van der Waals surface area contributed by atoms with Crippen molar-refractivity contribution < 1.29 is 9.90 Å². The predicted octanol–water partition coefficient (Wildman–Crippen LogP) is 0.329. The van der Waals surface area contributed by atoms with Gasteiger partial charge in [0.2, 0.25) is 0 Å². The molecular formula is C13H18N6O2.